The lowest BCUT2D eigenvalue weighted by Gasteiger charge is -2.44. The number of nitro groups is 1. The first-order chi connectivity index (χ1) is 17.5. The summed E-state index contributed by atoms with van der Waals surface area (Å²) < 4.78 is 33.8. The van der Waals surface area contributed by atoms with Crippen molar-refractivity contribution in [1.82, 2.24) is 9.21 Å². The molecule has 1 unspecified atom stereocenters. The van der Waals surface area contributed by atoms with Gasteiger partial charge in [-0.3, -0.25) is 14.9 Å². The van der Waals surface area contributed by atoms with E-state index in [1.165, 1.54) is 30.0 Å². The lowest BCUT2D eigenvalue weighted by atomic mass is 9.93. The van der Waals surface area contributed by atoms with Crippen molar-refractivity contribution in [2.45, 2.75) is 83.8 Å². The summed E-state index contributed by atoms with van der Waals surface area (Å²) in [6.07, 6.45) is -1.02. The van der Waals surface area contributed by atoms with Crippen molar-refractivity contribution in [3.8, 4) is 0 Å². The number of sulfonamides is 1. The second-order valence-electron chi connectivity index (χ2n) is 10.8. The van der Waals surface area contributed by atoms with Crippen molar-refractivity contribution < 1.29 is 28.0 Å². The van der Waals surface area contributed by atoms with Crippen molar-refractivity contribution >= 4 is 21.6 Å². The van der Waals surface area contributed by atoms with Gasteiger partial charge in [-0.1, -0.05) is 29.8 Å². The highest BCUT2D eigenvalue weighted by molar-refractivity contribution is 7.89. The van der Waals surface area contributed by atoms with Crippen LogP contribution in [0.25, 0.3) is 0 Å². The maximum absolute atomic E-state index is 13.7. The van der Waals surface area contributed by atoms with Crippen LogP contribution >= 0.6 is 0 Å². The van der Waals surface area contributed by atoms with E-state index in [1.807, 2.05) is 32.9 Å². The molecule has 2 aromatic rings. The summed E-state index contributed by atoms with van der Waals surface area (Å²) in [6.45, 7) is 12.7. The van der Waals surface area contributed by atoms with Crippen LogP contribution in [0.15, 0.2) is 41.3 Å². The Hall–Kier alpha value is -2.86. The molecule has 0 aliphatic carbocycles. The summed E-state index contributed by atoms with van der Waals surface area (Å²) >= 11 is 0. The molecule has 2 aromatic carbocycles. The zero-order valence-electron chi connectivity index (χ0n) is 23.0. The molecule has 0 radical (unpaired) electrons. The number of nitrogens with zero attached hydrogens (tertiary/aromatic N) is 3. The molecule has 0 spiro atoms. The fraction of sp³-hybridized carbons (Fsp3) is 0.519. The van der Waals surface area contributed by atoms with Gasteiger partial charge >= 0.3 is 0 Å². The van der Waals surface area contributed by atoms with E-state index in [2.05, 4.69) is 0 Å². The first-order valence-corrected chi connectivity index (χ1v) is 14.0. The fourth-order valence-electron chi connectivity index (χ4n) is 5.03. The molecule has 1 saturated heterocycles. The van der Waals surface area contributed by atoms with E-state index in [0.717, 1.165) is 32.6 Å². The fourth-order valence-corrected chi connectivity index (χ4v) is 6.77. The number of amides is 1. The van der Waals surface area contributed by atoms with Crippen LogP contribution in [0.4, 0.5) is 5.69 Å². The van der Waals surface area contributed by atoms with Gasteiger partial charge in [-0.15, -0.1) is 0 Å². The van der Waals surface area contributed by atoms with Gasteiger partial charge in [-0.25, -0.2) is 8.42 Å². The number of rotatable bonds is 8. The Morgan fingerprint density at radius 2 is 1.71 bits per heavy atom. The van der Waals surface area contributed by atoms with Gasteiger partial charge in [-0.2, -0.15) is 4.31 Å². The van der Waals surface area contributed by atoms with Gasteiger partial charge in [0.05, 0.1) is 16.6 Å². The Bertz CT molecular complexity index is 1300. The van der Waals surface area contributed by atoms with Gasteiger partial charge in [0.25, 0.3) is 15.7 Å². The Morgan fingerprint density at radius 1 is 1.13 bits per heavy atom. The second kappa shape index (κ2) is 11.1. The first-order valence-electron chi connectivity index (χ1n) is 12.5. The topological polar surface area (TPSA) is 130 Å². The minimum atomic E-state index is -4.34. The molecule has 1 amide bonds. The van der Waals surface area contributed by atoms with Crippen molar-refractivity contribution in [3.63, 3.8) is 0 Å². The Labute approximate surface area is 224 Å². The number of nitro benzene ring substituents is 1. The Kier molecular flexibility index (Phi) is 8.67. The minimum Gasteiger partial charge on any atom is -0.366 e. The van der Waals surface area contributed by atoms with Crippen molar-refractivity contribution in [3.05, 3.63) is 68.8 Å². The zero-order valence-corrected chi connectivity index (χ0v) is 23.8. The number of aliphatic hydroxyl groups excluding tert-OH is 1. The molecule has 1 heterocycles. The lowest BCUT2D eigenvalue weighted by molar-refractivity contribution is -0.387. The number of para-hydroxylation sites is 1. The van der Waals surface area contributed by atoms with Crippen LogP contribution < -0.4 is 0 Å². The predicted molar refractivity (Wildman–Crippen MR) is 143 cm³/mol. The van der Waals surface area contributed by atoms with Crippen molar-refractivity contribution in [2.24, 2.45) is 0 Å². The normalized spacial score (nSPS) is 18.9. The lowest BCUT2D eigenvalue weighted by Crippen LogP contribution is -2.62. The largest absolute Gasteiger partial charge is 0.366 e. The number of aliphatic hydroxyl groups is 1. The van der Waals surface area contributed by atoms with Gasteiger partial charge in [-0.05, 0) is 77.6 Å². The number of ether oxygens (including phenoxy) is 1. The number of aryl methyl sites for hydroxylation is 3. The molecule has 1 aliphatic rings. The number of carbonyl (C=O) groups excluding carboxylic acids is 1. The quantitative estimate of drug-likeness (QED) is 0.304. The molecule has 38 heavy (non-hydrogen) atoms. The van der Waals surface area contributed by atoms with Crippen LogP contribution in [0, 0.1) is 30.9 Å². The van der Waals surface area contributed by atoms with Gasteiger partial charge in [0.2, 0.25) is 5.91 Å². The molecule has 1 fully saturated rings. The highest BCUT2D eigenvalue weighted by Crippen LogP contribution is 2.31. The molecular weight excluding hydrogens is 510 g/mol. The van der Waals surface area contributed by atoms with Crippen LogP contribution in [0.2, 0.25) is 0 Å². The minimum absolute atomic E-state index is 0.0117. The van der Waals surface area contributed by atoms with E-state index < -0.39 is 55.4 Å². The third kappa shape index (κ3) is 6.23. The SMILES string of the molecule is Cc1cc(C)c(C[C@@H](C(O)OC(C)(C)C)N2CCN(S(=O)(=O)c3ccccc3[N+](=O)[O-])[C@@H](C)C2=O)c(C)c1. The molecule has 0 aromatic heterocycles. The number of hydrogen-bond donors (Lipinski definition) is 1. The molecule has 3 rings (SSSR count). The van der Waals surface area contributed by atoms with E-state index >= 15 is 0 Å². The Morgan fingerprint density at radius 3 is 2.26 bits per heavy atom. The Balaban J connectivity index is 1.97. The number of benzene rings is 2. The summed E-state index contributed by atoms with van der Waals surface area (Å²) in [7, 11) is -4.34. The smallest absolute Gasteiger partial charge is 0.289 e. The van der Waals surface area contributed by atoms with Gasteiger partial charge in [0.15, 0.2) is 11.2 Å². The van der Waals surface area contributed by atoms with E-state index in [4.69, 9.17) is 4.74 Å². The molecule has 208 valence electrons. The summed E-state index contributed by atoms with van der Waals surface area (Å²) in [5.74, 6) is -0.512. The third-order valence-corrected chi connectivity index (χ3v) is 8.76. The highest BCUT2D eigenvalue weighted by Gasteiger charge is 2.45. The summed E-state index contributed by atoms with van der Waals surface area (Å²) in [5.41, 5.74) is 2.88. The van der Waals surface area contributed by atoms with Crippen LogP contribution in [0.5, 0.6) is 0 Å². The molecule has 0 saturated carbocycles. The monoisotopic (exact) mass is 547 g/mol. The van der Waals surface area contributed by atoms with E-state index in [0.29, 0.717) is 6.42 Å². The number of hydrogen-bond acceptors (Lipinski definition) is 7. The van der Waals surface area contributed by atoms with Crippen LogP contribution in [0.1, 0.15) is 49.9 Å². The molecule has 0 bridgehead atoms. The summed E-state index contributed by atoms with van der Waals surface area (Å²) in [6, 6.07) is 7.25. The maximum Gasteiger partial charge on any atom is 0.289 e. The van der Waals surface area contributed by atoms with Crippen molar-refractivity contribution in [1.29, 1.82) is 0 Å². The second-order valence-corrected chi connectivity index (χ2v) is 12.7. The van der Waals surface area contributed by atoms with E-state index in [1.54, 1.807) is 20.8 Å². The number of piperazine rings is 1. The van der Waals surface area contributed by atoms with E-state index in [9.17, 15) is 28.4 Å². The van der Waals surface area contributed by atoms with Crippen LogP contribution in [-0.4, -0.2) is 70.6 Å². The third-order valence-electron chi connectivity index (χ3n) is 6.74. The van der Waals surface area contributed by atoms with Crippen molar-refractivity contribution in [2.75, 3.05) is 13.1 Å². The molecular formula is C27H37N3O7S. The van der Waals surface area contributed by atoms with Crippen LogP contribution in [-0.2, 0) is 26.0 Å². The van der Waals surface area contributed by atoms with Crippen LogP contribution in [0.3, 0.4) is 0 Å². The van der Waals surface area contributed by atoms with Gasteiger partial charge in [0.1, 0.15) is 6.04 Å². The standard InChI is InChI=1S/C27H37N3O7S/c1-17-14-18(2)21(19(3)15-17)16-23(26(32)37-27(5,6)7)28-12-13-29(20(4)25(28)31)38(35,36)24-11-9-8-10-22(24)30(33)34/h8-11,14-15,20,23,26,32H,12-13,16H2,1-7H3/t20-,23-,26?/m0/s1. The first kappa shape index (κ1) is 29.7. The number of carbonyl (C=O) groups is 1. The molecule has 11 heteroatoms. The zero-order chi connectivity index (χ0) is 28.6. The molecule has 1 aliphatic heterocycles. The maximum atomic E-state index is 13.7. The summed E-state index contributed by atoms with van der Waals surface area (Å²) in [5, 5.41) is 22.7. The predicted octanol–water partition coefficient (Wildman–Crippen LogP) is 3.49. The van der Waals surface area contributed by atoms with E-state index in [-0.39, 0.29) is 13.1 Å². The average Bonchev–Trinajstić information content (AvgIpc) is 2.79. The highest BCUT2D eigenvalue weighted by atomic mass is 32.2. The summed E-state index contributed by atoms with van der Waals surface area (Å²) in [4.78, 5) is 25.4. The molecule has 10 nitrogen and oxygen atoms in total. The van der Waals surface area contributed by atoms with Gasteiger partial charge in [0, 0.05) is 19.2 Å². The molecule has 1 N–H and O–H groups in total. The van der Waals surface area contributed by atoms with Gasteiger partial charge < -0.3 is 14.7 Å². The molecule has 3 atom stereocenters. The average molecular weight is 548 g/mol.